The number of benzene rings is 3. The zero-order valence-electron chi connectivity index (χ0n) is 15.6. The van der Waals surface area contributed by atoms with Crippen molar-refractivity contribution in [1.82, 2.24) is 5.32 Å². The Morgan fingerprint density at radius 1 is 0.893 bits per heavy atom. The van der Waals surface area contributed by atoms with Crippen molar-refractivity contribution in [3.63, 3.8) is 0 Å². The van der Waals surface area contributed by atoms with Crippen LogP contribution in [0.4, 0.5) is 0 Å². The first-order valence-corrected chi connectivity index (χ1v) is 9.51. The summed E-state index contributed by atoms with van der Waals surface area (Å²) in [5, 5.41) is 3.96. The Morgan fingerprint density at radius 2 is 1.50 bits per heavy atom. The van der Waals surface area contributed by atoms with Crippen LogP contribution in [0, 0.1) is 0 Å². The van der Waals surface area contributed by atoms with Crippen molar-refractivity contribution >= 4 is 29.0 Å². The molecule has 0 saturated carbocycles. The first kappa shape index (κ1) is 19.8. The number of rotatable bonds is 8. The van der Waals surface area contributed by atoms with Gasteiger partial charge in [-0.15, -0.1) is 0 Å². The second-order valence-electron chi connectivity index (χ2n) is 6.50. The minimum Gasteiger partial charge on any atom is -0.308 e. The zero-order valence-corrected chi connectivity index (χ0v) is 16.3. The van der Waals surface area contributed by atoms with Crippen molar-refractivity contribution < 1.29 is 4.79 Å². The monoisotopic (exact) mass is 387 g/mol. The van der Waals surface area contributed by atoms with E-state index < -0.39 is 0 Å². The van der Waals surface area contributed by atoms with Crippen molar-refractivity contribution in [2.75, 3.05) is 6.54 Å². The lowest BCUT2D eigenvalue weighted by molar-refractivity contribution is -0.110. The molecule has 0 spiro atoms. The van der Waals surface area contributed by atoms with Crippen molar-refractivity contribution in [3.05, 3.63) is 119 Å². The number of carbonyl (C=O) groups is 1. The molecule has 0 heterocycles. The van der Waals surface area contributed by atoms with Crippen LogP contribution in [0.15, 0.2) is 97.1 Å². The van der Waals surface area contributed by atoms with Gasteiger partial charge in [0.1, 0.15) is 0 Å². The molecule has 0 aromatic heterocycles. The second kappa shape index (κ2) is 9.84. The predicted octanol–water partition coefficient (Wildman–Crippen LogP) is 5.80. The average Bonchev–Trinajstić information content (AvgIpc) is 2.74. The molecule has 3 heteroatoms. The molecule has 0 unspecified atom stereocenters. The Hall–Kier alpha value is -2.94. The molecule has 3 rings (SSSR count). The standard InChI is InChI=1S/C25H22ClNO/c1-19(17-27-18-21-8-4-2-5-9-21)25(28)24(22-10-6-3-7-11-22)16-20-12-14-23(26)15-13-20/h2-16,27H,1,17-18H2/b24-16+. The van der Waals surface area contributed by atoms with Crippen molar-refractivity contribution in [2.45, 2.75) is 6.54 Å². The van der Waals surface area contributed by atoms with Gasteiger partial charge in [0.25, 0.3) is 0 Å². The summed E-state index contributed by atoms with van der Waals surface area (Å²) in [6, 6.07) is 27.2. The summed E-state index contributed by atoms with van der Waals surface area (Å²) in [5.74, 6) is -0.0679. The molecule has 2 nitrogen and oxygen atoms in total. The third-order valence-electron chi connectivity index (χ3n) is 4.34. The Kier molecular flexibility index (Phi) is 6.96. The average molecular weight is 388 g/mol. The number of halogens is 1. The van der Waals surface area contributed by atoms with E-state index in [0.717, 1.165) is 11.1 Å². The van der Waals surface area contributed by atoms with Crippen molar-refractivity contribution in [3.8, 4) is 0 Å². The van der Waals surface area contributed by atoms with Crippen LogP contribution >= 0.6 is 11.6 Å². The second-order valence-corrected chi connectivity index (χ2v) is 6.93. The normalized spacial score (nSPS) is 11.2. The molecule has 3 aromatic carbocycles. The molecule has 0 aliphatic rings. The lowest BCUT2D eigenvalue weighted by Gasteiger charge is -2.11. The highest BCUT2D eigenvalue weighted by Gasteiger charge is 2.15. The van der Waals surface area contributed by atoms with Crippen molar-refractivity contribution in [1.29, 1.82) is 0 Å². The summed E-state index contributed by atoms with van der Waals surface area (Å²) < 4.78 is 0. The SMILES string of the molecule is C=C(CNCc1ccccc1)C(=O)/C(=C/c1ccc(Cl)cc1)c1ccccc1. The summed E-state index contributed by atoms with van der Waals surface area (Å²) >= 11 is 5.98. The van der Waals surface area contributed by atoms with Gasteiger partial charge in [0, 0.05) is 29.3 Å². The summed E-state index contributed by atoms with van der Waals surface area (Å²) in [6.07, 6.45) is 1.89. The summed E-state index contributed by atoms with van der Waals surface area (Å²) in [4.78, 5) is 13.1. The summed E-state index contributed by atoms with van der Waals surface area (Å²) in [6.45, 7) is 5.13. The van der Waals surface area contributed by atoms with Crippen LogP contribution in [0.2, 0.25) is 5.02 Å². The number of hydrogen-bond acceptors (Lipinski definition) is 2. The molecular formula is C25H22ClNO. The van der Waals surface area contributed by atoms with E-state index in [-0.39, 0.29) is 5.78 Å². The van der Waals surface area contributed by atoms with Gasteiger partial charge in [0.15, 0.2) is 5.78 Å². The van der Waals surface area contributed by atoms with Crippen LogP contribution in [0.1, 0.15) is 16.7 Å². The fraction of sp³-hybridized carbons (Fsp3) is 0.0800. The Bertz CT molecular complexity index is 960. The van der Waals surface area contributed by atoms with Gasteiger partial charge in [0.2, 0.25) is 0 Å². The molecule has 0 bridgehead atoms. The predicted molar refractivity (Wildman–Crippen MR) is 118 cm³/mol. The highest BCUT2D eigenvalue weighted by atomic mass is 35.5. The lowest BCUT2D eigenvalue weighted by Crippen LogP contribution is -2.20. The fourth-order valence-electron chi connectivity index (χ4n) is 2.85. The van der Waals surface area contributed by atoms with Crippen LogP contribution in [0.5, 0.6) is 0 Å². The molecule has 0 aliphatic heterocycles. The number of Topliss-reactive ketones (excluding diaryl/α,β-unsaturated/α-hetero) is 1. The Balaban J connectivity index is 1.76. The zero-order chi connectivity index (χ0) is 19.8. The van der Waals surface area contributed by atoms with Crippen LogP contribution in [0.25, 0.3) is 11.6 Å². The molecule has 0 amide bonds. The molecule has 1 N–H and O–H groups in total. The quantitative estimate of drug-likeness (QED) is 0.391. The molecule has 0 saturated heterocycles. The number of hydrogen-bond donors (Lipinski definition) is 1. The first-order valence-electron chi connectivity index (χ1n) is 9.13. The van der Waals surface area contributed by atoms with Crippen LogP contribution < -0.4 is 5.32 Å². The van der Waals surface area contributed by atoms with Crippen LogP contribution in [0.3, 0.4) is 0 Å². The fourth-order valence-corrected chi connectivity index (χ4v) is 2.97. The molecule has 28 heavy (non-hydrogen) atoms. The Labute approximate surface area is 171 Å². The van der Waals surface area contributed by atoms with E-state index in [2.05, 4.69) is 11.9 Å². The minimum absolute atomic E-state index is 0.0679. The van der Waals surface area contributed by atoms with Gasteiger partial charge in [0.05, 0.1) is 0 Å². The third kappa shape index (κ3) is 5.53. The van der Waals surface area contributed by atoms with Crippen LogP contribution in [-0.4, -0.2) is 12.3 Å². The highest BCUT2D eigenvalue weighted by Crippen LogP contribution is 2.22. The number of carbonyl (C=O) groups excluding carboxylic acids is 1. The van der Waals surface area contributed by atoms with Gasteiger partial charge in [-0.25, -0.2) is 0 Å². The molecule has 3 aromatic rings. The van der Waals surface area contributed by atoms with Crippen LogP contribution in [-0.2, 0) is 11.3 Å². The van der Waals surface area contributed by atoms with Crippen molar-refractivity contribution in [2.24, 2.45) is 0 Å². The minimum atomic E-state index is -0.0679. The first-order chi connectivity index (χ1) is 13.6. The van der Waals surface area contributed by atoms with E-state index in [1.54, 1.807) is 0 Å². The summed E-state index contributed by atoms with van der Waals surface area (Å²) in [7, 11) is 0. The van der Waals surface area contributed by atoms with Gasteiger partial charge in [-0.1, -0.05) is 91.0 Å². The van der Waals surface area contributed by atoms with E-state index in [1.807, 2.05) is 91.0 Å². The Morgan fingerprint density at radius 3 is 2.14 bits per heavy atom. The van der Waals surface area contributed by atoms with E-state index >= 15 is 0 Å². The molecule has 0 atom stereocenters. The number of ketones is 1. The maximum absolute atomic E-state index is 13.1. The molecule has 0 radical (unpaired) electrons. The molecule has 140 valence electrons. The van der Waals surface area contributed by atoms with E-state index in [4.69, 9.17) is 11.6 Å². The van der Waals surface area contributed by atoms with E-state index in [1.165, 1.54) is 5.56 Å². The maximum Gasteiger partial charge on any atom is 0.190 e. The highest BCUT2D eigenvalue weighted by molar-refractivity contribution is 6.32. The maximum atomic E-state index is 13.1. The largest absolute Gasteiger partial charge is 0.308 e. The molecular weight excluding hydrogens is 366 g/mol. The molecule has 0 aliphatic carbocycles. The number of nitrogens with one attached hydrogen (secondary N) is 1. The van der Waals surface area contributed by atoms with Gasteiger partial charge in [-0.3, -0.25) is 4.79 Å². The van der Waals surface area contributed by atoms with Gasteiger partial charge in [-0.2, -0.15) is 0 Å². The summed E-state index contributed by atoms with van der Waals surface area (Å²) in [5.41, 5.74) is 4.10. The third-order valence-corrected chi connectivity index (χ3v) is 4.59. The topological polar surface area (TPSA) is 29.1 Å². The lowest BCUT2D eigenvalue weighted by atomic mass is 9.95. The molecule has 0 fully saturated rings. The number of allylic oxidation sites excluding steroid dienone is 1. The smallest absolute Gasteiger partial charge is 0.190 e. The van der Waals surface area contributed by atoms with Gasteiger partial charge < -0.3 is 5.32 Å². The van der Waals surface area contributed by atoms with Gasteiger partial charge >= 0.3 is 0 Å². The van der Waals surface area contributed by atoms with E-state index in [0.29, 0.717) is 29.3 Å². The van der Waals surface area contributed by atoms with Gasteiger partial charge in [-0.05, 0) is 34.9 Å². The van der Waals surface area contributed by atoms with E-state index in [9.17, 15) is 4.79 Å².